The first-order chi connectivity index (χ1) is 6.76. The molecule has 1 aliphatic rings. The molecule has 1 unspecified atom stereocenters. The van der Waals surface area contributed by atoms with Crippen LogP contribution >= 0.6 is 20.3 Å². The first-order valence-corrected chi connectivity index (χ1v) is 6.09. The number of rotatable bonds is 0. The molecule has 0 aliphatic carbocycles. The van der Waals surface area contributed by atoms with Crippen molar-refractivity contribution in [2.75, 3.05) is 5.75 Å². The fourth-order valence-corrected chi connectivity index (χ4v) is 3.86. The highest BCUT2D eigenvalue weighted by atomic mass is 33.1. The lowest BCUT2D eigenvalue weighted by Crippen LogP contribution is -2.03. The van der Waals surface area contributed by atoms with E-state index in [4.69, 9.17) is 21.0 Å². The Morgan fingerprint density at radius 2 is 1.57 bits per heavy atom. The van der Waals surface area contributed by atoms with Crippen LogP contribution in [0.1, 0.15) is 0 Å². The van der Waals surface area contributed by atoms with Crippen molar-refractivity contribution in [2.45, 2.75) is 0 Å². The van der Waals surface area contributed by atoms with E-state index in [1.54, 1.807) is 12.1 Å². The van der Waals surface area contributed by atoms with E-state index in [9.17, 15) is 0 Å². The minimum absolute atomic E-state index is 0.0916. The molecular formula is C8H2N4S2. The molecule has 6 heteroatoms. The monoisotopic (exact) mass is 218 g/mol. The van der Waals surface area contributed by atoms with Crippen LogP contribution in [0.5, 0.6) is 0 Å². The molecule has 1 rings (SSSR count). The van der Waals surface area contributed by atoms with Crippen molar-refractivity contribution in [3.05, 3.63) is 10.5 Å². The molecule has 0 spiro atoms. The molecule has 0 aromatic rings. The standard InChI is InChI=1S/C8H2N4S2/c9-1-6(2-10)8-5-14(13-8)7(3-11)4-12/h5H2. The van der Waals surface area contributed by atoms with E-state index in [1.165, 1.54) is 10.8 Å². The average molecular weight is 218 g/mol. The third kappa shape index (κ3) is 1.78. The van der Waals surface area contributed by atoms with Crippen molar-refractivity contribution < 1.29 is 0 Å². The van der Waals surface area contributed by atoms with Gasteiger partial charge in [-0.3, -0.25) is 0 Å². The van der Waals surface area contributed by atoms with Gasteiger partial charge in [-0.25, -0.2) is 0 Å². The summed E-state index contributed by atoms with van der Waals surface area (Å²) >= 11 is 0. The second-order valence-electron chi connectivity index (χ2n) is 2.15. The van der Waals surface area contributed by atoms with E-state index in [-0.39, 0.29) is 10.4 Å². The van der Waals surface area contributed by atoms with E-state index >= 15 is 0 Å². The molecule has 66 valence electrons. The lowest BCUT2D eigenvalue weighted by molar-refractivity contribution is 1.44. The Kier molecular flexibility index (Phi) is 3.32. The van der Waals surface area contributed by atoms with Crippen LogP contribution in [0.2, 0.25) is 0 Å². The molecule has 0 amide bonds. The van der Waals surface area contributed by atoms with Crippen LogP contribution in [-0.2, 0) is 0 Å². The zero-order valence-electron chi connectivity index (χ0n) is 6.81. The zero-order valence-corrected chi connectivity index (χ0v) is 8.45. The van der Waals surface area contributed by atoms with Crippen LogP contribution in [0.3, 0.4) is 0 Å². The van der Waals surface area contributed by atoms with Gasteiger partial charge in [0.2, 0.25) is 0 Å². The molecule has 1 heterocycles. The fourth-order valence-electron chi connectivity index (χ4n) is 0.738. The zero-order chi connectivity index (χ0) is 10.6. The Morgan fingerprint density at radius 1 is 1.07 bits per heavy atom. The van der Waals surface area contributed by atoms with Gasteiger partial charge in [0.1, 0.15) is 29.8 Å². The Hall–Kier alpha value is -1.73. The molecule has 0 bridgehead atoms. The average Bonchev–Trinajstić information content (AvgIpc) is 2.16. The van der Waals surface area contributed by atoms with Crippen LogP contribution in [0.25, 0.3) is 0 Å². The van der Waals surface area contributed by atoms with Gasteiger partial charge in [0.15, 0.2) is 4.86 Å². The molecule has 1 saturated heterocycles. The second kappa shape index (κ2) is 4.49. The quantitative estimate of drug-likeness (QED) is 0.348. The Morgan fingerprint density at radius 3 is 1.93 bits per heavy atom. The highest BCUT2D eigenvalue weighted by Crippen LogP contribution is 2.52. The SMILES string of the molecule is N#CC(C#N)=C1CS(=C(C#N)C#N)S1. The fraction of sp³-hybridized carbons (Fsp3) is 0.125. The van der Waals surface area contributed by atoms with Gasteiger partial charge in [0.05, 0.1) is 0 Å². The third-order valence-corrected chi connectivity index (χ3v) is 5.58. The predicted octanol–water partition coefficient (Wildman–Crippen LogP) is 1.44. The van der Waals surface area contributed by atoms with E-state index in [0.717, 1.165) is 0 Å². The van der Waals surface area contributed by atoms with Crippen LogP contribution in [0.4, 0.5) is 0 Å². The van der Waals surface area contributed by atoms with Crippen LogP contribution in [0, 0.1) is 45.3 Å². The van der Waals surface area contributed by atoms with Gasteiger partial charge >= 0.3 is 0 Å². The Bertz CT molecular complexity index is 413. The summed E-state index contributed by atoms with van der Waals surface area (Å²) in [5.41, 5.74) is 0.0916. The van der Waals surface area contributed by atoms with Crippen molar-refractivity contribution >= 4 is 25.2 Å². The minimum Gasteiger partial charge on any atom is -0.192 e. The summed E-state index contributed by atoms with van der Waals surface area (Å²) in [7, 11) is 0.831. The molecule has 0 aromatic carbocycles. The van der Waals surface area contributed by atoms with Crippen LogP contribution in [-0.4, -0.2) is 10.6 Å². The highest BCUT2D eigenvalue weighted by Gasteiger charge is 2.23. The summed E-state index contributed by atoms with van der Waals surface area (Å²) in [6.45, 7) is 0. The van der Waals surface area contributed by atoms with Crippen LogP contribution < -0.4 is 0 Å². The summed E-state index contributed by atoms with van der Waals surface area (Å²) in [5, 5.41) is 34.1. The van der Waals surface area contributed by atoms with Gasteiger partial charge in [0.25, 0.3) is 0 Å². The number of allylic oxidation sites excluding steroid dienone is 1. The largest absolute Gasteiger partial charge is 0.192 e. The molecule has 1 atom stereocenters. The Balaban J connectivity index is 2.93. The maximum Gasteiger partial charge on any atom is 0.163 e. The second-order valence-corrected chi connectivity index (χ2v) is 5.90. The number of nitriles is 4. The molecule has 1 fully saturated rings. The third-order valence-electron chi connectivity index (χ3n) is 1.40. The lowest BCUT2D eigenvalue weighted by Gasteiger charge is -2.20. The van der Waals surface area contributed by atoms with Crippen molar-refractivity contribution in [1.29, 1.82) is 21.0 Å². The lowest BCUT2D eigenvalue weighted by atomic mass is 10.3. The molecule has 1 aliphatic heterocycles. The first kappa shape index (κ1) is 10.4. The smallest absolute Gasteiger partial charge is 0.163 e. The number of hydrogen-bond donors (Lipinski definition) is 0. The first-order valence-electron chi connectivity index (χ1n) is 3.36. The normalized spacial score (nSPS) is 17.7. The van der Waals surface area contributed by atoms with Crippen molar-refractivity contribution in [3.63, 3.8) is 0 Å². The van der Waals surface area contributed by atoms with Gasteiger partial charge in [-0.05, 0) is 0 Å². The maximum atomic E-state index is 8.54. The molecule has 0 aromatic heterocycles. The predicted molar refractivity (Wildman–Crippen MR) is 54.5 cm³/mol. The van der Waals surface area contributed by atoms with Gasteiger partial charge in [-0.2, -0.15) is 21.0 Å². The molecule has 4 nitrogen and oxygen atoms in total. The summed E-state index contributed by atoms with van der Waals surface area (Å²) in [4.78, 5) is 0.857. The summed E-state index contributed by atoms with van der Waals surface area (Å²) < 4.78 is 0. The van der Waals surface area contributed by atoms with E-state index in [1.807, 2.05) is 12.1 Å². The van der Waals surface area contributed by atoms with Gasteiger partial charge in [-0.1, -0.05) is 20.3 Å². The van der Waals surface area contributed by atoms with Crippen LogP contribution in [0.15, 0.2) is 10.5 Å². The topological polar surface area (TPSA) is 95.2 Å². The van der Waals surface area contributed by atoms with Crippen molar-refractivity contribution in [3.8, 4) is 24.3 Å². The maximum absolute atomic E-state index is 8.54. The molecule has 0 saturated carbocycles. The van der Waals surface area contributed by atoms with Gasteiger partial charge in [-0.15, -0.1) is 0 Å². The molecule has 14 heavy (non-hydrogen) atoms. The summed E-state index contributed by atoms with van der Waals surface area (Å²) in [6, 6.07) is 7.17. The Labute approximate surface area is 87.0 Å². The van der Waals surface area contributed by atoms with Crippen molar-refractivity contribution in [1.82, 2.24) is 0 Å². The van der Waals surface area contributed by atoms with Gasteiger partial charge < -0.3 is 0 Å². The molecule has 0 radical (unpaired) electrons. The number of nitrogens with zero attached hydrogens (tertiary/aromatic N) is 4. The highest BCUT2D eigenvalue weighted by molar-refractivity contribution is 8.88. The molecular weight excluding hydrogens is 216 g/mol. The molecule has 0 N–H and O–H groups in total. The number of hydrogen-bond acceptors (Lipinski definition) is 5. The van der Waals surface area contributed by atoms with Crippen molar-refractivity contribution in [2.24, 2.45) is 0 Å². The minimum atomic E-state index is -0.437. The summed E-state index contributed by atoms with van der Waals surface area (Å²) in [6.07, 6.45) is 0. The van der Waals surface area contributed by atoms with E-state index in [0.29, 0.717) is 10.7 Å². The van der Waals surface area contributed by atoms with E-state index in [2.05, 4.69) is 0 Å². The summed E-state index contributed by atoms with van der Waals surface area (Å²) in [5.74, 6) is 0.484. The van der Waals surface area contributed by atoms with E-state index < -0.39 is 9.52 Å². The van der Waals surface area contributed by atoms with Gasteiger partial charge in [0, 0.05) is 10.7 Å².